The smallest absolute Gasteiger partial charge is 0.264 e. The van der Waals surface area contributed by atoms with E-state index in [1.165, 1.54) is 6.07 Å². The first-order valence-corrected chi connectivity index (χ1v) is 4.89. The van der Waals surface area contributed by atoms with Gasteiger partial charge >= 0.3 is 0 Å². The Kier molecular flexibility index (Phi) is 2.77. The van der Waals surface area contributed by atoms with Crippen molar-refractivity contribution < 1.29 is 8.78 Å². The van der Waals surface area contributed by atoms with E-state index in [0.29, 0.717) is 0 Å². The van der Waals surface area contributed by atoms with E-state index < -0.39 is 6.43 Å². The van der Waals surface area contributed by atoms with Crippen molar-refractivity contribution in [2.45, 2.75) is 25.3 Å². The van der Waals surface area contributed by atoms with Crippen molar-refractivity contribution in [2.75, 3.05) is 6.54 Å². The first kappa shape index (κ1) is 9.59. The Balaban J connectivity index is 2.30. The van der Waals surface area contributed by atoms with Crippen LogP contribution < -0.4 is 5.32 Å². The highest BCUT2D eigenvalue weighted by atomic mass is 19.3. The van der Waals surface area contributed by atoms with Gasteiger partial charge in [0.2, 0.25) is 0 Å². The quantitative estimate of drug-likeness (QED) is 0.768. The van der Waals surface area contributed by atoms with Gasteiger partial charge in [-0.15, -0.1) is 0 Å². The molecule has 0 unspecified atom stereocenters. The van der Waals surface area contributed by atoms with E-state index in [1.807, 2.05) is 6.07 Å². The minimum absolute atomic E-state index is 0.125. The molecule has 0 amide bonds. The maximum Gasteiger partial charge on any atom is 0.264 e. The lowest BCUT2D eigenvalue weighted by Crippen LogP contribution is -2.14. The third kappa shape index (κ3) is 1.77. The fraction of sp³-hybridized carbons (Fsp3) is 0.455. The number of benzene rings is 1. The van der Waals surface area contributed by atoms with Crippen molar-refractivity contribution in [2.24, 2.45) is 0 Å². The number of nitrogens with one attached hydrogen (secondary N) is 1. The number of hydrogen-bond acceptors (Lipinski definition) is 1. The molecule has 76 valence electrons. The molecule has 1 N–H and O–H groups in total. The number of hydrogen-bond donors (Lipinski definition) is 1. The number of alkyl halides is 2. The van der Waals surface area contributed by atoms with Gasteiger partial charge in [-0.25, -0.2) is 8.78 Å². The van der Waals surface area contributed by atoms with Crippen LogP contribution in [0.2, 0.25) is 0 Å². The second kappa shape index (κ2) is 4.05. The average molecular weight is 197 g/mol. The van der Waals surface area contributed by atoms with E-state index in [-0.39, 0.29) is 11.6 Å². The average Bonchev–Trinajstić information content (AvgIpc) is 2.70. The molecule has 1 aromatic carbocycles. The van der Waals surface area contributed by atoms with E-state index in [1.54, 1.807) is 12.1 Å². The zero-order valence-electron chi connectivity index (χ0n) is 7.84. The van der Waals surface area contributed by atoms with E-state index in [2.05, 4.69) is 5.32 Å². The molecule has 1 atom stereocenters. The van der Waals surface area contributed by atoms with Crippen LogP contribution >= 0.6 is 0 Å². The molecule has 3 heteroatoms. The summed E-state index contributed by atoms with van der Waals surface area (Å²) in [5.74, 6) is 0. The summed E-state index contributed by atoms with van der Waals surface area (Å²) in [6, 6.07) is 6.92. The van der Waals surface area contributed by atoms with Crippen LogP contribution in [0.4, 0.5) is 8.78 Å². The Hall–Kier alpha value is -0.960. The molecule has 1 fully saturated rings. The van der Waals surface area contributed by atoms with Crippen LogP contribution in [0.25, 0.3) is 0 Å². The topological polar surface area (TPSA) is 12.0 Å². The van der Waals surface area contributed by atoms with Crippen LogP contribution in [0, 0.1) is 0 Å². The molecule has 1 heterocycles. The predicted octanol–water partition coefficient (Wildman–Crippen LogP) is 3.05. The van der Waals surface area contributed by atoms with E-state index in [4.69, 9.17) is 0 Å². The Bertz CT molecular complexity index is 306. The summed E-state index contributed by atoms with van der Waals surface area (Å²) in [5, 5.41) is 3.23. The lowest BCUT2D eigenvalue weighted by Gasteiger charge is -2.14. The standard InChI is InChI=1S/C11H13F2N/c12-11(13)9-5-2-1-4-8(9)10-6-3-7-14-10/h1-2,4-5,10-11,14H,3,6-7H2/t10-/m1/s1. The molecule has 0 bridgehead atoms. The van der Waals surface area contributed by atoms with Gasteiger partial charge in [0.1, 0.15) is 0 Å². The van der Waals surface area contributed by atoms with Crippen molar-refractivity contribution in [3.63, 3.8) is 0 Å². The van der Waals surface area contributed by atoms with Gasteiger partial charge in [0.05, 0.1) is 0 Å². The fourth-order valence-electron chi connectivity index (χ4n) is 1.98. The van der Waals surface area contributed by atoms with Crippen molar-refractivity contribution in [1.82, 2.24) is 5.32 Å². The molecule has 0 saturated carbocycles. The van der Waals surface area contributed by atoms with E-state index >= 15 is 0 Å². The Morgan fingerprint density at radius 1 is 1.29 bits per heavy atom. The number of halogens is 2. The monoisotopic (exact) mass is 197 g/mol. The molecule has 1 aliphatic rings. The van der Waals surface area contributed by atoms with Gasteiger partial charge in [0, 0.05) is 11.6 Å². The van der Waals surface area contributed by atoms with Gasteiger partial charge in [-0.3, -0.25) is 0 Å². The Morgan fingerprint density at radius 3 is 2.71 bits per heavy atom. The summed E-state index contributed by atoms with van der Waals surface area (Å²) in [6.45, 7) is 0.933. The maximum atomic E-state index is 12.7. The molecule has 1 aromatic rings. The highest BCUT2D eigenvalue weighted by molar-refractivity contribution is 5.31. The van der Waals surface area contributed by atoms with Crippen LogP contribution in [0.3, 0.4) is 0 Å². The van der Waals surface area contributed by atoms with Crippen LogP contribution in [0.15, 0.2) is 24.3 Å². The first-order valence-electron chi connectivity index (χ1n) is 4.89. The van der Waals surface area contributed by atoms with Gasteiger partial charge < -0.3 is 5.32 Å². The van der Waals surface area contributed by atoms with E-state index in [9.17, 15) is 8.78 Å². The first-order chi connectivity index (χ1) is 6.79. The Morgan fingerprint density at radius 2 is 2.07 bits per heavy atom. The molecule has 0 aliphatic carbocycles. The van der Waals surface area contributed by atoms with Crippen LogP contribution in [-0.4, -0.2) is 6.54 Å². The molecule has 2 rings (SSSR count). The molecule has 0 radical (unpaired) electrons. The molecule has 1 saturated heterocycles. The third-order valence-corrected chi connectivity index (χ3v) is 2.67. The highest BCUT2D eigenvalue weighted by Gasteiger charge is 2.21. The zero-order valence-corrected chi connectivity index (χ0v) is 7.84. The van der Waals surface area contributed by atoms with Crippen LogP contribution in [0.1, 0.15) is 36.4 Å². The second-order valence-electron chi connectivity index (χ2n) is 3.58. The van der Waals surface area contributed by atoms with Gasteiger partial charge in [0.25, 0.3) is 6.43 Å². The summed E-state index contributed by atoms with van der Waals surface area (Å²) < 4.78 is 25.3. The minimum atomic E-state index is -2.37. The lowest BCUT2D eigenvalue weighted by molar-refractivity contribution is 0.149. The van der Waals surface area contributed by atoms with Crippen LogP contribution in [-0.2, 0) is 0 Å². The molecule has 0 aromatic heterocycles. The molecule has 0 spiro atoms. The molecular formula is C11H13F2N. The van der Waals surface area contributed by atoms with Crippen molar-refractivity contribution >= 4 is 0 Å². The highest BCUT2D eigenvalue weighted by Crippen LogP contribution is 2.31. The van der Waals surface area contributed by atoms with Crippen molar-refractivity contribution in [3.8, 4) is 0 Å². The summed E-state index contributed by atoms with van der Waals surface area (Å²) >= 11 is 0. The van der Waals surface area contributed by atoms with Crippen LogP contribution in [0.5, 0.6) is 0 Å². The van der Waals surface area contributed by atoms with Gasteiger partial charge in [-0.05, 0) is 24.9 Å². The Labute approximate surface area is 82.1 Å². The number of rotatable bonds is 2. The largest absolute Gasteiger partial charge is 0.310 e. The van der Waals surface area contributed by atoms with Crippen molar-refractivity contribution in [3.05, 3.63) is 35.4 Å². The maximum absolute atomic E-state index is 12.7. The fourth-order valence-corrected chi connectivity index (χ4v) is 1.98. The molecular weight excluding hydrogens is 184 g/mol. The summed E-state index contributed by atoms with van der Waals surface area (Å²) in [6.07, 6.45) is -0.333. The van der Waals surface area contributed by atoms with E-state index in [0.717, 1.165) is 24.9 Å². The van der Waals surface area contributed by atoms with Gasteiger partial charge in [-0.1, -0.05) is 24.3 Å². The summed E-state index contributed by atoms with van der Waals surface area (Å²) in [5.41, 5.74) is 0.937. The minimum Gasteiger partial charge on any atom is -0.310 e. The molecule has 1 aliphatic heterocycles. The SMILES string of the molecule is FC(F)c1ccccc1[C@H]1CCCN1. The van der Waals surface area contributed by atoms with Gasteiger partial charge in [-0.2, -0.15) is 0 Å². The lowest BCUT2D eigenvalue weighted by atomic mass is 9.99. The van der Waals surface area contributed by atoms with Gasteiger partial charge in [0.15, 0.2) is 0 Å². The summed E-state index contributed by atoms with van der Waals surface area (Å²) in [4.78, 5) is 0. The van der Waals surface area contributed by atoms with Crippen molar-refractivity contribution in [1.29, 1.82) is 0 Å². The normalized spacial score (nSPS) is 21.8. The molecule has 14 heavy (non-hydrogen) atoms. The zero-order chi connectivity index (χ0) is 9.97. The predicted molar refractivity (Wildman–Crippen MR) is 51.4 cm³/mol. The third-order valence-electron chi connectivity index (χ3n) is 2.67. The summed E-state index contributed by atoms with van der Waals surface area (Å²) in [7, 11) is 0. The second-order valence-corrected chi connectivity index (χ2v) is 3.58. The molecule has 1 nitrogen and oxygen atoms in total.